The van der Waals surface area contributed by atoms with Crippen LogP contribution in [0, 0.1) is 5.41 Å². The largest absolute Gasteiger partial charge is 0.497 e. The average Bonchev–Trinajstić information content (AvgIpc) is 3.40. The number of likely N-dealkylation sites (tertiary alicyclic amines) is 1. The third kappa shape index (κ3) is 5.96. The molecular weight excluding hydrogens is 494 g/mol. The fourth-order valence-electron chi connectivity index (χ4n) is 4.97. The number of hydrogen-bond donors (Lipinski definition) is 2. The summed E-state index contributed by atoms with van der Waals surface area (Å²) >= 11 is 3.61. The summed E-state index contributed by atoms with van der Waals surface area (Å²) in [6.07, 6.45) is 2.97. The number of carbonyl (C=O) groups is 1. The molecule has 1 aliphatic heterocycles. The molecule has 9 heteroatoms. The lowest BCUT2D eigenvalue weighted by atomic mass is 9.74. The first kappa shape index (κ1) is 26.7. The van der Waals surface area contributed by atoms with E-state index in [0.717, 1.165) is 47.5 Å². The van der Waals surface area contributed by atoms with Crippen molar-refractivity contribution in [3.63, 3.8) is 0 Å². The lowest BCUT2D eigenvalue weighted by molar-refractivity contribution is -0.153. The number of carboxylic acids is 1. The van der Waals surface area contributed by atoms with Crippen molar-refractivity contribution in [1.82, 2.24) is 9.88 Å². The maximum Gasteiger partial charge on any atom is 0.309 e. The maximum absolute atomic E-state index is 12.4. The third-order valence-electron chi connectivity index (χ3n) is 7.22. The minimum atomic E-state index is -0.809. The molecule has 4 rings (SSSR count). The number of fused-ring (bicyclic) bond motifs is 1. The highest BCUT2D eigenvalue weighted by molar-refractivity contribution is 8.01. The molecule has 36 heavy (non-hydrogen) atoms. The van der Waals surface area contributed by atoms with Gasteiger partial charge in [0.05, 0.1) is 40.2 Å². The molecule has 2 N–H and O–H groups in total. The van der Waals surface area contributed by atoms with Crippen molar-refractivity contribution < 1.29 is 19.7 Å². The van der Waals surface area contributed by atoms with Gasteiger partial charge in [0, 0.05) is 37.3 Å². The van der Waals surface area contributed by atoms with Crippen LogP contribution in [0.25, 0.3) is 10.9 Å². The van der Waals surface area contributed by atoms with Gasteiger partial charge >= 0.3 is 5.97 Å². The summed E-state index contributed by atoms with van der Waals surface area (Å²) in [5.74, 6) is 0.947. The Morgan fingerprint density at radius 1 is 1.31 bits per heavy atom. The molecule has 3 heterocycles. The van der Waals surface area contributed by atoms with Crippen molar-refractivity contribution >= 4 is 45.7 Å². The van der Waals surface area contributed by atoms with Gasteiger partial charge in [0.15, 0.2) is 0 Å². The highest BCUT2D eigenvalue weighted by atomic mass is 32.2. The number of aromatic nitrogens is 1. The number of methoxy groups -OCH3 is 1. The highest BCUT2D eigenvalue weighted by Crippen LogP contribution is 2.41. The second kappa shape index (κ2) is 11.8. The van der Waals surface area contributed by atoms with Crippen molar-refractivity contribution in [2.45, 2.75) is 36.0 Å². The van der Waals surface area contributed by atoms with Crippen LogP contribution in [-0.4, -0.2) is 72.7 Å². The molecule has 0 radical (unpaired) electrons. The minimum absolute atomic E-state index is 0.373. The first-order valence-electron chi connectivity index (χ1n) is 12.3. The molecule has 2 aromatic heterocycles. The van der Waals surface area contributed by atoms with Gasteiger partial charge in [0.2, 0.25) is 0 Å². The number of rotatable bonds is 11. The van der Waals surface area contributed by atoms with E-state index >= 15 is 0 Å². The number of aliphatic hydroxyl groups is 1. The predicted octanol–water partition coefficient (Wildman–Crippen LogP) is 5.14. The van der Waals surface area contributed by atoms with E-state index in [1.165, 1.54) is 4.21 Å². The Balaban J connectivity index is 1.44. The van der Waals surface area contributed by atoms with Crippen molar-refractivity contribution in [1.29, 1.82) is 0 Å². The summed E-state index contributed by atoms with van der Waals surface area (Å²) in [5, 5.41) is 24.5. The van der Waals surface area contributed by atoms with Gasteiger partial charge in [-0.3, -0.25) is 9.78 Å². The fraction of sp³-hybridized carbons (Fsp3) is 0.481. The Morgan fingerprint density at radius 3 is 2.72 bits per heavy atom. The van der Waals surface area contributed by atoms with Crippen LogP contribution in [0.5, 0.6) is 5.75 Å². The number of aliphatic carboxylic acids is 1. The molecule has 1 aliphatic rings. The molecule has 0 bridgehead atoms. The predicted molar refractivity (Wildman–Crippen MR) is 148 cm³/mol. The van der Waals surface area contributed by atoms with Crippen molar-refractivity contribution in [3.05, 3.63) is 47.5 Å². The number of aliphatic hydroxyl groups excluding tert-OH is 1. The highest BCUT2D eigenvalue weighted by Gasteiger charge is 2.41. The number of thiophene rings is 1. The van der Waals surface area contributed by atoms with E-state index in [9.17, 15) is 15.0 Å². The lowest BCUT2D eigenvalue weighted by Crippen LogP contribution is -2.45. The lowest BCUT2D eigenvalue weighted by Gasteiger charge is -2.39. The molecule has 0 unspecified atom stereocenters. The monoisotopic (exact) mass is 529 g/mol. The van der Waals surface area contributed by atoms with E-state index < -0.39 is 17.5 Å². The van der Waals surface area contributed by atoms with Crippen molar-refractivity contribution in [3.8, 4) is 5.75 Å². The number of anilines is 1. The molecule has 194 valence electrons. The van der Waals surface area contributed by atoms with E-state index in [4.69, 9.17) is 4.74 Å². The molecule has 0 aliphatic carbocycles. The van der Waals surface area contributed by atoms with E-state index in [-0.39, 0.29) is 0 Å². The molecule has 0 amide bonds. The quantitative estimate of drug-likeness (QED) is 0.330. The number of nitrogens with zero attached hydrogens (tertiary/aromatic N) is 3. The summed E-state index contributed by atoms with van der Waals surface area (Å²) < 4.78 is 6.73. The molecule has 1 saturated heterocycles. The fourth-order valence-corrected chi connectivity index (χ4v) is 6.83. The van der Waals surface area contributed by atoms with Crippen LogP contribution in [0.3, 0.4) is 0 Å². The van der Waals surface area contributed by atoms with Crippen LogP contribution < -0.4 is 9.64 Å². The zero-order valence-electron chi connectivity index (χ0n) is 21.1. The molecule has 7 nitrogen and oxygen atoms in total. The summed E-state index contributed by atoms with van der Waals surface area (Å²) in [5.41, 5.74) is 1.56. The molecular formula is C27H35N3O4S2. The van der Waals surface area contributed by atoms with Crippen molar-refractivity contribution in [2.75, 3.05) is 51.5 Å². The molecule has 0 saturated carbocycles. The summed E-state index contributed by atoms with van der Waals surface area (Å²) in [4.78, 5) is 21.3. The van der Waals surface area contributed by atoms with Gasteiger partial charge in [0.25, 0.3) is 0 Å². The number of pyridine rings is 1. The number of hydrogen-bond acceptors (Lipinski definition) is 8. The van der Waals surface area contributed by atoms with Gasteiger partial charge in [-0.1, -0.05) is 6.07 Å². The second-order valence-corrected chi connectivity index (χ2v) is 11.9. The molecule has 1 aromatic carbocycles. The number of benzene rings is 1. The van der Waals surface area contributed by atoms with Crippen LogP contribution in [0.2, 0.25) is 0 Å². The molecule has 1 fully saturated rings. The third-order valence-corrected chi connectivity index (χ3v) is 9.33. The van der Waals surface area contributed by atoms with Gasteiger partial charge in [0.1, 0.15) is 5.75 Å². The topological polar surface area (TPSA) is 86.1 Å². The van der Waals surface area contributed by atoms with E-state index in [1.54, 1.807) is 24.6 Å². The summed E-state index contributed by atoms with van der Waals surface area (Å²) in [7, 11) is 5.46. The van der Waals surface area contributed by atoms with Gasteiger partial charge < -0.3 is 24.7 Å². The summed E-state index contributed by atoms with van der Waals surface area (Å²) in [6, 6.07) is 9.84. The van der Waals surface area contributed by atoms with Crippen LogP contribution in [0.4, 0.5) is 5.69 Å². The van der Waals surface area contributed by atoms with E-state index in [2.05, 4.69) is 27.4 Å². The van der Waals surface area contributed by atoms with E-state index in [0.29, 0.717) is 31.4 Å². The van der Waals surface area contributed by atoms with Crippen molar-refractivity contribution in [2.24, 2.45) is 5.41 Å². The average molecular weight is 530 g/mol. The standard InChI is InChI=1S/C27H35N3O4S2/c1-29(2)22-18-28-21-7-6-19(34-3)17-20(21)25(22)23(31)8-9-27(26(32)33)10-12-30(13-11-27)14-16-36-24-5-4-15-35-24/h4-7,15,17-18,23,31H,8-14,16H2,1-3H3,(H,32,33)/t23-/m1/s1. The number of thioether (sulfide) groups is 1. The normalized spacial score (nSPS) is 16.7. The van der Waals surface area contributed by atoms with Crippen LogP contribution in [0.15, 0.2) is 46.1 Å². The Labute approximate surface area is 221 Å². The Hall–Kier alpha value is -2.33. The zero-order chi connectivity index (χ0) is 25.7. The second-order valence-electron chi connectivity index (χ2n) is 9.60. The SMILES string of the molecule is COc1ccc2ncc(N(C)C)c([C@H](O)CCC3(C(=O)O)CCN(CCSc4cccs4)CC3)c2c1. The van der Waals surface area contributed by atoms with Gasteiger partial charge in [-0.25, -0.2) is 0 Å². The number of piperidine rings is 1. The molecule has 1 atom stereocenters. The molecule has 0 spiro atoms. The minimum Gasteiger partial charge on any atom is -0.497 e. The Bertz CT molecular complexity index is 1160. The number of ether oxygens (including phenoxy) is 1. The summed E-state index contributed by atoms with van der Waals surface area (Å²) in [6.45, 7) is 2.50. The van der Waals surface area contributed by atoms with Gasteiger partial charge in [-0.2, -0.15) is 0 Å². The maximum atomic E-state index is 12.4. The van der Waals surface area contributed by atoms with Crippen LogP contribution in [0.1, 0.15) is 37.4 Å². The van der Waals surface area contributed by atoms with Crippen LogP contribution >= 0.6 is 23.1 Å². The first-order chi connectivity index (χ1) is 17.3. The zero-order valence-corrected chi connectivity index (χ0v) is 22.8. The Kier molecular flexibility index (Phi) is 8.77. The first-order valence-corrected chi connectivity index (χ1v) is 14.1. The smallest absolute Gasteiger partial charge is 0.309 e. The molecule has 3 aromatic rings. The van der Waals surface area contributed by atoms with E-state index in [1.807, 2.05) is 49.0 Å². The Morgan fingerprint density at radius 2 is 2.08 bits per heavy atom. The van der Waals surface area contributed by atoms with Gasteiger partial charge in [-0.15, -0.1) is 23.1 Å². The van der Waals surface area contributed by atoms with Crippen LogP contribution in [-0.2, 0) is 4.79 Å². The number of carboxylic acid groups (broad SMARTS) is 1. The van der Waals surface area contributed by atoms with Gasteiger partial charge in [-0.05, 0) is 68.4 Å².